The van der Waals surface area contributed by atoms with Gasteiger partial charge < -0.3 is 14.3 Å². The van der Waals surface area contributed by atoms with Crippen molar-refractivity contribution in [2.75, 3.05) is 19.7 Å². The molecule has 1 N–H and O–H groups in total. The van der Waals surface area contributed by atoms with E-state index in [-0.39, 0.29) is 5.75 Å². The van der Waals surface area contributed by atoms with Crippen LogP contribution in [0.2, 0.25) is 0 Å². The van der Waals surface area contributed by atoms with Gasteiger partial charge in [-0.25, -0.2) is 4.79 Å². The van der Waals surface area contributed by atoms with Crippen LogP contribution >= 0.6 is 0 Å². The van der Waals surface area contributed by atoms with E-state index >= 15 is 0 Å². The zero-order chi connectivity index (χ0) is 19.8. The van der Waals surface area contributed by atoms with Crippen molar-refractivity contribution in [1.82, 2.24) is 4.90 Å². The number of phenols is 1. The van der Waals surface area contributed by atoms with Crippen molar-refractivity contribution in [3.05, 3.63) is 41.2 Å². The summed E-state index contributed by atoms with van der Waals surface area (Å²) in [5.74, 6) is 1.08. The number of rotatable bonds is 4. The Balaban J connectivity index is 1.94. The van der Waals surface area contributed by atoms with E-state index in [2.05, 4.69) is 11.8 Å². The first-order valence-corrected chi connectivity index (χ1v) is 10.1. The number of carbonyl (C=O) groups excluding carboxylic acids is 1. The number of furan rings is 1. The minimum Gasteiger partial charge on any atom is -0.507 e. The monoisotopic (exact) mass is 381 g/mol. The fourth-order valence-electron chi connectivity index (χ4n) is 4.24. The summed E-state index contributed by atoms with van der Waals surface area (Å²) >= 11 is 0. The molecule has 0 unspecified atom stereocenters. The molecular formula is C23H27NO4. The lowest BCUT2D eigenvalue weighted by molar-refractivity contribution is 0.0526. The maximum absolute atomic E-state index is 12.7. The number of hydrogen-bond donors (Lipinski definition) is 1. The highest BCUT2D eigenvalue weighted by Gasteiger charge is 2.28. The minimum absolute atomic E-state index is 0.230. The van der Waals surface area contributed by atoms with Crippen molar-refractivity contribution in [2.24, 2.45) is 5.92 Å². The molecule has 0 saturated carbocycles. The third-order valence-electron chi connectivity index (χ3n) is 5.84. The molecule has 4 rings (SSSR count). The highest BCUT2D eigenvalue weighted by atomic mass is 16.5. The van der Waals surface area contributed by atoms with E-state index < -0.39 is 5.97 Å². The lowest BCUT2D eigenvalue weighted by Crippen LogP contribution is -2.32. The van der Waals surface area contributed by atoms with Crippen LogP contribution in [0.1, 0.15) is 48.4 Å². The summed E-state index contributed by atoms with van der Waals surface area (Å²) < 4.78 is 11.3. The first-order chi connectivity index (χ1) is 13.5. The zero-order valence-corrected chi connectivity index (χ0v) is 16.7. The van der Waals surface area contributed by atoms with Crippen LogP contribution in [0.4, 0.5) is 0 Å². The van der Waals surface area contributed by atoms with E-state index in [0.29, 0.717) is 35.4 Å². The molecule has 3 aromatic rings. The maximum Gasteiger partial charge on any atom is 0.342 e. The molecular weight excluding hydrogens is 354 g/mol. The number of ether oxygens (including phenoxy) is 1. The summed E-state index contributed by atoms with van der Waals surface area (Å²) in [6.07, 6.45) is 2.29. The van der Waals surface area contributed by atoms with E-state index in [1.165, 1.54) is 0 Å². The van der Waals surface area contributed by atoms with Crippen molar-refractivity contribution >= 4 is 27.7 Å². The molecule has 0 amide bonds. The Labute approximate surface area is 164 Å². The van der Waals surface area contributed by atoms with Crippen LogP contribution in [0.5, 0.6) is 5.75 Å². The second-order valence-electron chi connectivity index (χ2n) is 7.79. The number of carbonyl (C=O) groups is 1. The van der Waals surface area contributed by atoms with Crippen molar-refractivity contribution in [3.63, 3.8) is 0 Å². The van der Waals surface area contributed by atoms with Crippen LogP contribution in [-0.2, 0) is 11.3 Å². The molecule has 0 aliphatic carbocycles. The predicted molar refractivity (Wildman–Crippen MR) is 110 cm³/mol. The Kier molecular flexibility index (Phi) is 5.02. The Hall–Kier alpha value is -2.53. The molecule has 1 fully saturated rings. The summed E-state index contributed by atoms with van der Waals surface area (Å²) in [5, 5.41) is 13.4. The minimum atomic E-state index is -0.401. The first-order valence-electron chi connectivity index (χ1n) is 10.1. The van der Waals surface area contributed by atoms with Crippen molar-refractivity contribution < 1.29 is 19.1 Å². The fraction of sp³-hybridized carbons (Fsp3) is 0.435. The third kappa shape index (κ3) is 3.14. The molecule has 1 aliphatic rings. The van der Waals surface area contributed by atoms with Gasteiger partial charge in [0.1, 0.15) is 22.7 Å². The van der Waals surface area contributed by atoms with Crippen LogP contribution in [0.25, 0.3) is 21.7 Å². The number of fused-ring (bicyclic) bond motifs is 3. The van der Waals surface area contributed by atoms with Gasteiger partial charge in [-0.1, -0.05) is 31.2 Å². The molecule has 0 atom stereocenters. The van der Waals surface area contributed by atoms with Crippen LogP contribution < -0.4 is 0 Å². The number of likely N-dealkylation sites (tertiary alicyclic amines) is 1. The van der Waals surface area contributed by atoms with Gasteiger partial charge in [0.2, 0.25) is 0 Å². The van der Waals surface area contributed by atoms with Crippen LogP contribution in [0.15, 0.2) is 28.7 Å². The van der Waals surface area contributed by atoms with Crippen molar-refractivity contribution in [3.8, 4) is 5.75 Å². The Morgan fingerprint density at radius 1 is 1.25 bits per heavy atom. The smallest absolute Gasteiger partial charge is 0.342 e. The van der Waals surface area contributed by atoms with Gasteiger partial charge in [0.15, 0.2) is 0 Å². The summed E-state index contributed by atoms with van der Waals surface area (Å²) in [6, 6.07) is 7.63. The molecule has 0 radical (unpaired) electrons. The second-order valence-corrected chi connectivity index (χ2v) is 7.79. The Bertz CT molecular complexity index is 1030. The molecule has 1 aliphatic heterocycles. The van der Waals surface area contributed by atoms with E-state index in [1.807, 2.05) is 24.3 Å². The van der Waals surface area contributed by atoms with E-state index in [1.54, 1.807) is 13.8 Å². The molecule has 5 nitrogen and oxygen atoms in total. The first kappa shape index (κ1) is 18.8. The topological polar surface area (TPSA) is 62.9 Å². The number of piperidine rings is 1. The predicted octanol–water partition coefficient (Wildman–Crippen LogP) is 5.01. The molecule has 5 heteroatoms. The summed E-state index contributed by atoms with van der Waals surface area (Å²) in [6.45, 7) is 8.71. The van der Waals surface area contributed by atoms with Gasteiger partial charge in [-0.05, 0) is 45.7 Å². The lowest BCUT2D eigenvalue weighted by atomic mass is 9.95. The highest BCUT2D eigenvalue weighted by Crippen LogP contribution is 2.42. The highest BCUT2D eigenvalue weighted by molar-refractivity contribution is 6.16. The number of nitrogens with zero attached hydrogens (tertiary/aromatic N) is 1. The largest absolute Gasteiger partial charge is 0.507 e. The van der Waals surface area contributed by atoms with Gasteiger partial charge in [-0.3, -0.25) is 4.90 Å². The molecule has 1 saturated heterocycles. The Morgan fingerprint density at radius 3 is 2.61 bits per heavy atom. The molecule has 2 aromatic carbocycles. The molecule has 1 aromatic heterocycles. The third-order valence-corrected chi connectivity index (χ3v) is 5.84. The standard InChI is InChI=1S/C23H27NO4/c1-4-27-23(26)19-15(3)28-22-17-8-6-5-7-16(17)21(25)18(20(19)22)13-24-11-9-14(2)10-12-24/h5-8,14,25H,4,9-13H2,1-3H3. The lowest BCUT2D eigenvalue weighted by Gasteiger charge is -2.30. The van der Waals surface area contributed by atoms with Gasteiger partial charge in [0.25, 0.3) is 0 Å². The summed E-state index contributed by atoms with van der Waals surface area (Å²) in [4.78, 5) is 15.0. The van der Waals surface area contributed by atoms with Gasteiger partial charge in [-0.15, -0.1) is 0 Å². The average Bonchev–Trinajstić information content (AvgIpc) is 3.04. The maximum atomic E-state index is 12.7. The van der Waals surface area contributed by atoms with Gasteiger partial charge in [0.05, 0.1) is 6.61 Å². The Morgan fingerprint density at radius 2 is 1.93 bits per heavy atom. The molecule has 0 spiro atoms. The number of phenolic OH excluding ortho intramolecular Hbond substituents is 1. The SMILES string of the molecule is CCOC(=O)c1c(C)oc2c1c(CN1CCC(C)CC1)c(O)c1ccccc12. The van der Waals surface area contributed by atoms with Crippen molar-refractivity contribution in [1.29, 1.82) is 0 Å². The van der Waals surface area contributed by atoms with E-state index in [4.69, 9.17) is 9.15 Å². The quantitative estimate of drug-likeness (QED) is 0.644. The molecule has 2 heterocycles. The zero-order valence-electron chi connectivity index (χ0n) is 16.7. The van der Waals surface area contributed by atoms with Crippen LogP contribution in [-0.4, -0.2) is 35.7 Å². The van der Waals surface area contributed by atoms with Crippen LogP contribution in [0.3, 0.4) is 0 Å². The van der Waals surface area contributed by atoms with E-state index in [0.717, 1.165) is 48.2 Å². The number of aromatic hydroxyl groups is 1. The van der Waals surface area contributed by atoms with Gasteiger partial charge >= 0.3 is 5.97 Å². The van der Waals surface area contributed by atoms with Gasteiger partial charge in [0, 0.05) is 28.3 Å². The van der Waals surface area contributed by atoms with Gasteiger partial charge in [-0.2, -0.15) is 0 Å². The summed E-state index contributed by atoms with van der Waals surface area (Å²) in [7, 11) is 0. The molecule has 0 bridgehead atoms. The van der Waals surface area contributed by atoms with Crippen LogP contribution in [0, 0.1) is 12.8 Å². The number of hydrogen-bond acceptors (Lipinski definition) is 5. The number of aryl methyl sites for hydroxylation is 1. The average molecular weight is 381 g/mol. The number of esters is 1. The molecule has 28 heavy (non-hydrogen) atoms. The summed E-state index contributed by atoms with van der Waals surface area (Å²) in [5.41, 5.74) is 1.83. The fourth-order valence-corrected chi connectivity index (χ4v) is 4.24. The normalized spacial score (nSPS) is 16.1. The second kappa shape index (κ2) is 7.47. The van der Waals surface area contributed by atoms with E-state index in [9.17, 15) is 9.90 Å². The molecule has 148 valence electrons. The number of benzene rings is 2. The van der Waals surface area contributed by atoms with Crippen molar-refractivity contribution in [2.45, 2.75) is 40.2 Å².